The van der Waals surface area contributed by atoms with Crippen LogP contribution in [0.25, 0.3) is 16.9 Å². The summed E-state index contributed by atoms with van der Waals surface area (Å²) >= 11 is 0. The van der Waals surface area contributed by atoms with Crippen LogP contribution in [0, 0.1) is 5.82 Å². The van der Waals surface area contributed by atoms with Crippen LogP contribution in [0.4, 0.5) is 13.2 Å². The molecule has 1 saturated heterocycles. The highest BCUT2D eigenvalue weighted by atomic mass is 19.3. The molecule has 2 bridgehead atoms. The van der Waals surface area contributed by atoms with Gasteiger partial charge in [-0.3, -0.25) is 4.79 Å². The Balaban J connectivity index is 1.39. The van der Waals surface area contributed by atoms with E-state index in [4.69, 9.17) is 9.47 Å². The Morgan fingerprint density at radius 1 is 1.18 bits per heavy atom. The van der Waals surface area contributed by atoms with E-state index >= 15 is 4.39 Å². The van der Waals surface area contributed by atoms with Gasteiger partial charge in [0.05, 0.1) is 42.2 Å². The average molecular weight is 523 g/mol. The van der Waals surface area contributed by atoms with Crippen molar-refractivity contribution in [3.8, 4) is 17.1 Å². The second kappa shape index (κ2) is 7.98. The molecular weight excluding hydrogens is 503 g/mol. The van der Waals surface area contributed by atoms with Crippen LogP contribution in [0.3, 0.4) is 0 Å². The van der Waals surface area contributed by atoms with Gasteiger partial charge in [0.2, 0.25) is 0 Å². The molecule has 9 nitrogen and oxygen atoms in total. The molecule has 12 heteroatoms. The lowest BCUT2D eigenvalue weighted by atomic mass is 9.88. The van der Waals surface area contributed by atoms with Crippen molar-refractivity contribution in [3.63, 3.8) is 0 Å². The van der Waals surface area contributed by atoms with E-state index in [1.165, 1.54) is 40.1 Å². The molecule has 5 heterocycles. The van der Waals surface area contributed by atoms with E-state index in [0.717, 1.165) is 0 Å². The zero-order valence-electron chi connectivity index (χ0n) is 19.9. The molecule has 194 valence electrons. The number of fused-ring (bicyclic) bond motifs is 9. The number of benzene rings is 1. The minimum Gasteiger partial charge on any atom is -0.434 e. The number of aromatic nitrogens is 4. The molecule has 2 atom stereocenters. The van der Waals surface area contributed by atoms with Crippen LogP contribution in [0.5, 0.6) is 5.75 Å². The molecule has 1 fully saturated rings. The quantitative estimate of drug-likeness (QED) is 0.438. The number of pyridine rings is 1. The molecule has 2 aliphatic heterocycles. The van der Waals surface area contributed by atoms with Gasteiger partial charge in [-0.15, -0.1) is 0 Å². The summed E-state index contributed by atoms with van der Waals surface area (Å²) in [6, 6.07) is 5.68. The Hall–Kier alpha value is -4.03. The van der Waals surface area contributed by atoms with Gasteiger partial charge in [-0.05, 0) is 24.6 Å². The van der Waals surface area contributed by atoms with E-state index in [2.05, 4.69) is 15.1 Å². The van der Waals surface area contributed by atoms with Gasteiger partial charge in [-0.1, -0.05) is 6.07 Å². The van der Waals surface area contributed by atoms with Crippen LogP contribution in [-0.2, 0) is 10.3 Å². The van der Waals surface area contributed by atoms with Crippen LogP contribution in [-0.4, -0.2) is 62.4 Å². The van der Waals surface area contributed by atoms with Crippen LogP contribution in [0.2, 0.25) is 0 Å². The number of rotatable bonds is 4. The summed E-state index contributed by atoms with van der Waals surface area (Å²) in [4.78, 5) is 23.3. The lowest BCUT2D eigenvalue weighted by Crippen LogP contribution is -2.46. The fourth-order valence-electron chi connectivity index (χ4n) is 5.72. The standard InChI is InChI=1S/C26H20F3N5O4/c1-33-18-6-15(20-13(24(33)35)3-2-4-19(20)38-25(28)29)21-17-5-14(16(27)9-34(17)32-22(18)21)23-30-7-12(8-31-23)26(36)10-37-11-26/h2-5,7-9,15,18,25,36H,6,10-11H2,1H3/t15-,18-/m1/s1. The largest absolute Gasteiger partial charge is 0.434 e. The first-order valence-electron chi connectivity index (χ1n) is 11.9. The van der Waals surface area contributed by atoms with Crippen molar-refractivity contribution in [3.05, 3.63) is 76.6 Å². The number of hydrogen-bond donors (Lipinski definition) is 1. The molecule has 1 aromatic carbocycles. The predicted octanol–water partition coefficient (Wildman–Crippen LogP) is 3.41. The monoisotopic (exact) mass is 523 g/mol. The summed E-state index contributed by atoms with van der Waals surface area (Å²) in [5, 5.41) is 15.0. The first-order valence-corrected chi connectivity index (χ1v) is 11.9. The van der Waals surface area contributed by atoms with Gasteiger partial charge in [0.15, 0.2) is 11.6 Å². The Bertz CT molecular complexity index is 1620. The fraction of sp³-hybridized carbons (Fsp3) is 0.308. The molecule has 7 rings (SSSR count). The molecule has 0 unspecified atom stereocenters. The number of ether oxygens (including phenoxy) is 2. The number of alkyl halides is 2. The van der Waals surface area contributed by atoms with Crippen LogP contribution in [0.1, 0.15) is 51.1 Å². The second-order valence-corrected chi connectivity index (χ2v) is 9.80. The van der Waals surface area contributed by atoms with Gasteiger partial charge in [0.1, 0.15) is 11.4 Å². The molecule has 0 saturated carbocycles. The van der Waals surface area contributed by atoms with Crippen LogP contribution >= 0.6 is 0 Å². The van der Waals surface area contributed by atoms with Gasteiger partial charge in [-0.25, -0.2) is 18.9 Å². The Kier molecular flexibility index (Phi) is 4.86. The summed E-state index contributed by atoms with van der Waals surface area (Å²) < 4.78 is 53.1. The van der Waals surface area contributed by atoms with Crippen molar-refractivity contribution < 1.29 is 32.5 Å². The molecule has 1 N–H and O–H groups in total. The maximum Gasteiger partial charge on any atom is 0.387 e. The lowest BCUT2D eigenvalue weighted by molar-refractivity contribution is -0.184. The van der Waals surface area contributed by atoms with E-state index in [1.807, 2.05) is 0 Å². The minimum absolute atomic E-state index is 0.0729. The van der Waals surface area contributed by atoms with Gasteiger partial charge in [0.25, 0.3) is 5.91 Å². The van der Waals surface area contributed by atoms with Crippen LogP contribution in [0.15, 0.2) is 42.9 Å². The summed E-state index contributed by atoms with van der Waals surface area (Å²) in [6.07, 6.45) is 4.52. The third-order valence-electron chi connectivity index (χ3n) is 7.67. The Labute approximate surface area is 213 Å². The number of hydrogen-bond acceptors (Lipinski definition) is 7. The number of carbonyl (C=O) groups is 1. The first-order chi connectivity index (χ1) is 18.2. The van der Waals surface area contributed by atoms with Crippen molar-refractivity contribution in [2.45, 2.75) is 30.6 Å². The van der Waals surface area contributed by atoms with Gasteiger partial charge < -0.3 is 19.5 Å². The molecule has 3 aromatic heterocycles. The van der Waals surface area contributed by atoms with Gasteiger partial charge >= 0.3 is 6.61 Å². The number of amides is 1. The van der Waals surface area contributed by atoms with Gasteiger partial charge in [0, 0.05) is 47.6 Å². The fourth-order valence-corrected chi connectivity index (χ4v) is 5.72. The Morgan fingerprint density at radius 2 is 1.95 bits per heavy atom. The zero-order chi connectivity index (χ0) is 26.3. The highest BCUT2D eigenvalue weighted by Gasteiger charge is 2.46. The zero-order valence-corrected chi connectivity index (χ0v) is 19.9. The molecule has 1 amide bonds. The normalized spacial score (nSPS) is 21.3. The molecule has 4 aromatic rings. The Morgan fingerprint density at radius 3 is 2.63 bits per heavy atom. The van der Waals surface area contributed by atoms with E-state index in [9.17, 15) is 18.7 Å². The number of aliphatic hydroxyl groups is 1. The molecular formula is C26H20F3N5O4. The molecule has 38 heavy (non-hydrogen) atoms. The summed E-state index contributed by atoms with van der Waals surface area (Å²) in [7, 11) is 1.64. The smallest absolute Gasteiger partial charge is 0.387 e. The average Bonchev–Trinajstić information content (AvgIpc) is 3.39. The summed E-state index contributed by atoms with van der Waals surface area (Å²) in [5.74, 6) is -1.39. The molecule has 3 aliphatic rings. The van der Waals surface area contributed by atoms with Crippen molar-refractivity contribution in [2.75, 3.05) is 20.3 Å². The number of carbonyl (C=O) groups excluding carboxylic acids is 1. The third kappa shape index (κ3) is 3.19. The number of halogens is 3. The minimum atomic E-state index is -3.07. The van der Waals surface area contributed by atoms with Crippen molar-refractivity contribution >= 4 is 11.4 Å². The third-order valence-corrected chi connectivity index (χ3v) is 7.67. The van der Waals surface area contributed by atoms with Crippen LogP contribution < -0.4 is 4.74 Å². The van der Waals surface area contributed by atoms with E-state index < -0.39 is 30.0 Å². The summed E-state index contributed by atoms with van der Waals surface area (Å²) in [6.45, 7) is -2.80. The number of nitrogens with zero attached hydrogens (tertiary/aromatic N) is 5. The lowest BCUT2D eigenvalue weighted by Gasteiger charge is -2.36. The molecule has 0 spiro atoms. The SMILES string of the molecule is CN1C(=O)c2cccc(OC(F)F)c2[C@H]2C[C@@H]1c1nn3cc(F)c(-c4ncc(C5(O)COC5)cn4)cc3c12. The predicted molar refractivity (Wildman–Crippen MR) is 125 cm³/mol. The maximum absolute atomic E-state index is 15.3. The first kappa shape index (κ1) is 23.1. The maximum atomic E-state index is 15.3. The molecule has 1 aliphatic carbocycles. The van der Waals surface area contributed by atoms with Crippen molar-refractivity contribution in [2.24, 2.45) is 0 Å². The summed E-state index contributed by atoms with van der Waals surface area (Å²) in [5.41, 5.74) is 1.90. The van der Waals surface area contributed by atoms with Crippen molar-refractivity contribution in [1.82, 2.24) is 24.5 Å². The second-order valence-electron chi connectivity index (χ2n) is 9.80. The van der Waals surface area contributed by atoms with E-state index in [1.54, 1.807) is 19.2 Å². The highest BCUT2D eigenvalue weighted by molar-refractivity contribution is 5.98. The molecule has 0 radical (unpaired) electrons. The topological polar surface area (TPSA) is 102 Å². The van der Waals surface area contributed by atoms with Crippen molar-refractivity contribution in [1.29, 1.82) is 0 Å². The van der Waals surface area contributed by atoms with E-state index in [-0.39, 0.29) is 41.8 Å². The highest BCUT2D eigenvalue weighted by Crippen LogP contribution is 2.53. The van der Waals surface area contributed by atoms with E-state index in [0.29, 0.717) is 34.3 Å². The van der Waals surface area contributed by atoms with Gasteiger partial charge in [-0.2, -0.15) is 13.9 Å².